The summed E-state index contributed by atoms with van der Waals surface area (Å²) in [5.74, 6) is -1.89. The Balaban J connectivity index is 2.03. The molecule has 1 heterocycles. The van der Waals surface area contributed by atoms with E-state index in [0.29, 0.717) is 6.42 Å². The molecule has 0 aliphatic carbocycles. The number of hydrogen-bond donors (Lipinski definition) is 3. The molecule has 0 unspecified atom stereocenters. The van der Waals surface area contributed by atoms with Gasteiger partial charge in [-0.2, -0.15) is 0 Å². The molecule has 2 aromatic rings. The Bertz CT molecular complexity index is 695. The number of ether oxygens (including phenoxy) is 1. The molecule has 0 bridgehead atoms. The number of hydrogen-bond acceptors (Lipinski definition) is 5. The molecule has 118 valence electrons. The summed E-state index contributed by atoms with van der Waals surface area (Å²) in [6.45, 7) is -0.391. The molecule has 1 aromatic heterocycles. The zero-order valence-electron chi connectivity index (χ0n) is 12.2. The average molecular weight is 305 g/mol. The molecular formula is C15H19N3O4. The molecule has 2 rings (SSSR count). The van der Waals surface area contributed by atoms with Gasteiger partial charge in [-0.15, -0.1) is 0 Å². The van der Waals surface area contributed by atoms with E-state index in [4.69, 9.17) is 21.3 Å². The third-order valence-electron chi connectivity index (χ3n) is 3.44. The molecule has 2 atom stereocenters. The van der Waals surface area contributed by atoms with E-state index in [1.54, 1.807) is 0 Å². The van der Waals surface area contributed by atoms with Crippen LogP contribution in [0.2, 0.25) is 0 Å². The molecule has 0 radical (unpaired) electrons. The zero-order chi connectivity index (χ0) is 16.3. The maximum Gasteiger partial charge on any atom is 0.324 e. The minimum atomic E-state index is -1.24. The van der Waals surface area contributed by atoms with Crippen molar-refractivity contribution in [1.29, 1.82) is 0 Å². The number of carboxylic acids is 1. The van der Waals surface area contributed by atoms with Crippen LogP contribution in [0, 0.1) is 0 Å². The van der Waals surface area contributed by atoms with E-state index in [2.05, 4.69) is 0 Å². The topological polar surface area (TPSA) is 121 Å². The zero-order valence-corrected chi connectivity index (χ0v) is 12.2. The second-order valence-corrected chi connectivity index (χ2v) is 5.17. The first kappa shape index (κ1) is 16.0. The molecule has 0 amide bonds. The lowest BCUT2D eigenvalue weighted by Gasteiger charge is -2.12. The number of esters is 1. The molecule has 0 fully saturated rings. The number of aryl methyl sites for hydroxylation is 1. The predicted molar refractivity (Wildman–Crippen MR) is 81.2 cm³/mol. The Labute approximate surface area is 127 Å². The van der Waals surface area contributed by atoms with E-state index in [1.165, 1.54) is 0 Å². The number of nitrogens with zero attached hydrogens (tertiary/aromatic N) is 1. The fourth-order valence-electron chi connectivity index (χ4n) is 2.26. The number of carbonyl (C=O) groups is 2. The Morgan fingerprint density at radius 1 is 1.27 bits per heavy atom. The number of benzene rings is 1. The predicted octanol–water partition coefficient (Wildman–Crippen LogP) is 0.00320. The van der Waals surface area contributed by atoms with Gasteiger partial charge in [-0.25, -0.2) is 0 Å². The summed E-state index contributed by atoms with van der Waals surface area (Å²) >= 11 is 0. The number of fused-ring (bicyclic) bond motifs is 1. The Morgan fingerprint density at radius 3 is 2.64 bits per heavy atom. The fraction of sp³-hybridized carbons (Fsp3) is 0.333. The van der Waals surface area contributed by atoms with E-state index >= 15 is 0 Å². The summed E-state index contributed by atoms with van der Waals surface area (Å²) in [6.07, 6.45) is 2.23. The summed E-state index contributed by atoms with van der Waals surface area (Å²) < 4.78 is 6.80. The van der Waals surface area contributed by atoms with Crippen LogP contribution in [0.1, 0.15) is 5.56 Å². The van der Waals surface area contributed by atoms with E-state index in [1.807, 2.05) is 42.1 Å². The van der Waals surface area contributed by atoms with Gasteiger partial charge >= 0.3 is 11.9 Å². The maximum atomic E-state index is 11.8. The lowest BCUT2D eigenvalue weighted by Crippen LogP contribution is -2.40. The smallest absolute Gasteiger partial charge is 0.324 e. The molecule has 0 aliphatic rings. The van der Waals surface area contributed by atoms with Crippen LogP contribution in [0.25, 0.3) is 10.9 Å². The monoisotopic (exact) mass is 305 g/mol. The lowest BCUT2D eigenvalue weighted by atomic mass is 10.1. The molecule has 22 heavy (non-hydrogen) atoms. The van der Waals surface area contributed by atoms with Gasteiger partial charge in [0, 0.05) is 30.6 Å². The van der Waals surface area contributed by atoms with Crippen molar-refractivity contribution in [1.82, 2.24) is 4.57 Å². The minimum absolute atomic E-state index is 0.308. The van der Waals surface area contributed by atoms with Crippen molar-refractivity contribution in [3.63, 3.8) is 0 Å². The van der Waals surface area contributed by atoms with Crippen molar-refractivity contribution in [2.75, 3.05) is 6.61 Å². The highest BCUT2D eigenvalue weighted by atomic mass is 16.5. The Kier molecular flexibility index (Phi) is 4.79. The van der Waals surface area contributed by atoms with Gasteiger partial charge in [0.2, 0.25) is 0 Å². The highest BCUT2D eigenvalue weighted by Gasteiger charge is 2.20. The molecule has 5 N–H and O–H groups in total. The van der Waals surface area contributed by atoms with Gasteiger partial charge in [0.15, 0.2) is 0 Å². The van der Waals surface area contributed by atoms with Gasteiger partial charge in [0.1, 0.15) is 18.7 Å². The van der Waals surface area contributed by atoms with Crippen LogP contribution in [0.15, 0.2) is 30.5 Å². The van der Waals surface area contributed by atoms with Crippen LogP contribution in [0.3, 0.4) is 0 Å². The molecule has 1 aromatic carbocycles. The van der Waals surface area contributed by atoms with Crippen LogP contribution in [-0.2, 0) is 27.8 Å². The van der Waals surface area contributed by atoms with Crippen molar-refractivity contribution < 1.29 is 19.4 Å². The van der Waals surface area contributed by atoms with Gasteiger partial charge < -0.3 is 25.9 Å². The number of aromatic nitrogens is 1. The summed E-state index contributed by atoms with van der Waals surface area (Å²) in [5.41, 5.74) is 13.1. The Morgan fingerprint density at radius 2 is 1.95 bits per heavy atom. The third kappa shape index (κ3) is 3.44. The highest BCUT2D eigenvalue weighted by Crippen LogP contribution is 2.21. The second-order valence-electron chi connectivity index (χ2n) is 5.17. The first-order valence-electron chi connectivity index (χ1n) is 6.83. The first-order valence-corrected chi connectivity index (χ1v) is 6.83. The van der Waals surface area contributed by atoms with Crippen LogP contribution >= 0.6 is 0 Å². The second kappa shape index (κ2) is 6.59. The van der Waals surface area contributed by atoms with Gasteiger partial charge in [-0.3, -0.25) is 9.59 Å². The van der Waals surface area contributed by atoms with Gasteiger partial charge in [0.05, 0.1) is 0 Å². The average Bonchev–Trinajstić information content (AvgIpc) is 2.81. The van der Waals surface area contributed by atoms with Crippen molar-refractivity contribution in [3.8, 4) is 0 Å². The summed E-state index contributed by atoms with van der Waals surface area (Å²) in [4.78, 5) is 22.4. The number of aliphatic carboxylic acids is 1. The van der Waals surface area contributed by atoms with Crippen molar-refractivity contribution in [2.24, 2.45) is 18.5 Å². The van der Waals surface area contributed by atoms with Crippen LogP contribution in [-0.4, -0.2) is 40.3 Å². The van der Waals surface area contributed by atoms with Crippen molar-refractivity contribution in [3.05, 3.63) is 36.0 Å². The molecule has 0 spiro atoms. The van der Waals surface area contributed by atoms with Crippen LogP contribution in [0.4, 0.5) is 0 Å². The Hall–Kier alpha value is -2.38. The van der Waals surface area contributed by atoms with Gasteiger partial charge in [-0.1, -0.05) is 18.2 Å². The number of nitrogens with two attached hydrogens (primary N) is 2. The SMILES string of the molecule is Cn1cc(C[C@@H](N)C(=O)OC[C@H](N)C(=O)O)c2ccccc21. The van der Waals surface area contributed by atoms with E-state index in [-0.39, 0.29) is 0 Å². The number of carbonyl (C=O) groups excluding carboxylic acids is 1. The lowest BCUT2D eigenvalue weighted by molar-refractivity contribution is -0.149. The van der Waals surface area contributed by atoms with Crippen LogP contribution in [0.5, 0.6) is 0 Å². The maximum absolute atomic E-state index is 11.8. The molecule has 0 saturated carbocycles. The fourth-order valence-corrected chi connectivity index (χ4v) is 2.26. The standard InChI is InChI=1S/C15H19N3O4/c1-18-7-9(10-4-2-3-5-13(10)18)6-11(16)15(21)22-8-12(17)14(19)20/h2-5,7,11-12H,6,8,16-17H2,1H3,(H,19,20)/t11-,12+/m1/s1. The summed E-state index contributed by atoms with van der Waals surface area (Å²) in [7, 11) is 1.92. The van der Waals surface area contributed by atoms with Crippen molar-refractivity contribution in [2.45, 2.75) is 18.5 Å². The van der Waals surface area contributed by atoms with Crippen LogP contribution < -0.4 is 11.5 Å². The van der Waals surface area contributed by atoms with E-state index < -0.39 is 30.6 Å². The summed E-state index contributed by atoms with van der Waals surface area (Å²) in [6, 6.07) is 5.69. The molecular weight excluding hydrogens is 286 g/mol. The molecule has 0 aliphatic heterocycles. The quantitative estimate of drug-likeness (QED) is 0.646. The van der Waals surface area contributed by atoms with Gasteiger partial charge in [0.25, 0.3) is 0 Å². The largest absolute Gasteiger partial charge is 0.480 e. The molecule has 7 heteroatoms. The number of rotatable bonds is 6. The normalized spacial score (nSPS) is 13.8. The van der Waals surface area contributed by atoms with E-state index in [0.717, 1.165) is 16.5 Å². The third-order valence-corrected chi connectivity index (χ3v) is 3.44. The molecule has 7 nitrogen and oxygen atoms in total. The molecule has 0 saturated heterocycles. The van der Waals surface area contributed by atoms with Gasteiger partial charge in [-0.05, 0) is 11.6 Å². The summed E-state index contributed by atoms with van der Waals surface area (Å²) in [5, 5.41) is 9.66. The minimum Gasteiger partial charge on any atom is -0.480 e. The van der Waals surface area contributed by atoms with E-state index in [9.17, 15) is 9.59 Å². The first-order chi connectivity index (χ1) is 10.4. The van der Waals surface area contributed by atoms with Crippen molar-refractivity contribution >= 4 is 22.8 Å². The highest BCUT2D eigenvalue weighted by molar-refractivity contribution is 5.85. The number of carboxylic acid groups (broad SMARTS) is 1. The number of para-hydroxylation sites is 1.